The van der Waals surface area contributed by atoms with Gasteiger partial charge >= 0.3 is 0 Å². The van der Waals surface area contributed by atoms with E-state index in [2.05, 4.69) is 17.2 Å². The van der Waals surface area contributed by atoms with Crippen molar-refractivity contribution in [3.63, 3.8) is 0 Å². The fourth-order valence-corrected chi connectivity index (χ4v) is 3.84. The van der Waals surface area contributed by atoms with Gasteiger partial charge in [0.1, 0.15) is 17.3 Å². The maximum atomic E-state index is 14.0. The highest BCUT2D eigenvalue weighted by molar-refractivity contribution is 6.04. The molecule has 1 fully saturated rings. The van der Waals surface area contributed by atoms with Gasteiger partial charge in [0.15, 0.2) is 0 Å². The summed E-state index contributed by atoms with van der Waals surface area (Å²) in [6.45, 7) is 3.24. The minimum absolute atomic E-state index is 0. The summed E-state index contributed by atoms with van der Waals surface area (Å²) in [4.78, 5) is 19.2. The van der Waals surface area contributed by atoms with Crippen LogP contribution in [0.15, 0.2) is 47.5 Å². The molecule has 0 atom stereocenters. The molecule has 2 aliphatic heterocycles. The minimum atomic E-state index is -0.576. The van der Waals surface area contributed by atoms with Crippen molar-refractivity contribution in [1.29, 1.82) is 0 Å². The summed E-state index contributed by atoms with van der Waals surface area (Å²) in [7, 11) is 0. The topological polar surface area (TPSA) is 70.7 Å². The number of aliphatic imine (C=N–C) groups is 1. The molecule has 2 aliphatic rings. The quantitative estimate of drug-likeness (QED) is 0.806. The average molecular weight is 403 g/mol. The second-order valence-electron chi connectivity index (χ2n) is 7.16. The number of amidine groups is 1. The summed E-state index contributed by atoms with van der Waals surface area (Å²) in [5.74, 6) is -0.122. The Morgan fingerprint density at radius 1 is 1.21 bits per heavy atom. The molecular weight excluding hydrogens is 379 g/mol. The molecule has 1 spiro atoms. The van der Waals surface area contributed by atoms with Crippen molar-refractivity contribution < 1.29 is 9.18 Å². The summed E-state index contributed by atoms with van der Waals surface area (Å²) in [6.07, 6.45) is 2.21. The lowest BCUT2D eigenvalue weighted by Gasteiger charge is -2.42. The molecular formula is C21H24ClFN4O. The molecule has 148 valence electrons. The number of amides is 1. The van der Waals surface area contributed by atoms with Crippen molar-refractivity contribution in [3.8, 4) is 0 Å². The highest BCUT2D eigenvalue weighted by atomic mass is 35.5. The Labute approximate surface area is 170 Å². The predicted molar refractivity (Wildman–Crippen MR) is 112 cm³/mol. The summed E-state index contributed by atoms with van der Waals surface area (Å²) >= 11 is 0. The molecule has 1 amide bonds. The van der Waals surface area contributed by atoms with Crippen molar-refractivity contribution in [2.24, 2.45) is 10.7 Å². The first-order chi connectivity index (χ1) is 13.0. The number of carbonyl (C=O) groups excluding carboxylic acids is 1. The molecule has 4 rings (SSSR count). The van der Waals surface area contributed by atoms with E-state index in [1.165, 1.54) is 11.6 Å². The second-order valence-corrected chi connectivity index (χ2v) is 7.16. The summed E-state index contributed by atoms with van der Waals surface area (Å²) in [5.41, 5.74) is 8.39. The van der Waals surface area contributed by atoms with Gasteiger partial charge < -0.3 is 16.0 Å². The largest absolute Gasteiger partial charge is 0.383 e. The van der Waals surface area contributed by atoms with Gasteiger partial charge in [-0.25, -0.2) is 9.38 Å². The number of nitrogens with one attached hydrogen (secondary N) is 1. The van der Waals surface area contributed by atoms with E-state index in [-0.39, 0.29) is 30.0 Å². The third-order valence-electron chi connectivity index (χ3n) is 5.46. The Morgan fingerprint density at radius 3 is 2.54 bits per heavy atom. The molecule has 0 unspecified atom stereocenters. The average Bonchev–Trinajstić information content (AvgIpc) is 2.68. The van der Waals surface area contributed by atoms with Crippen LogP contribution in [0.25, 0.3) is 0 Å². The normalized spacial score (nSPS) is 17.2. The van der Waals surface area contributed by atoms with E-state index in [0.29, 0.717) is 42.7 Å². The van der Waals surface area contributed by atoms with Crippen LogP contribution in [0.3, 0.4) is 0 Å². The Balaban J connectivity index is 0.00000225. The smallest absolute Gasteiger partial charge is 0.253 e. The third kappa shape index (κ3) is 3.56. The number of hydrogen-bond acceptors (Lipinski definition) is 4. The maximum absolute atomic E-state index is 14.0. The van der Waals surface area contributed by atoms with E-state index in [0.717, 1.165) is 6.42 Å². The van der Waals surface area contributed by atoms with Crippen molar-refractivity contribution >= 4 is 29.8 Å². The number of piperidine rings is 1. The molecule has 2 aromatic rings. The molecule has 0 aromatic heterocycles. The molecule has 0 bridgehead atoms. The predicted octanol–water partition coefficient (Wildman–Crippen LogP) is 3.57. The highest BCUT2D eigenvalue weighted by Crippen LogP contribution is 2.35. The first-order valence-corrected chi connectivity index (χ1v) is 9.32. The van der Waals surface area contributed by atoms with E-state index < -0.39 is 5.66 Å². The second kappa shape index (κ2) is 7.80. The van der Waals surface area contributed by atoms with Crippen LogP contribution < -0.4 is 11.1 Å². The first-order valence-electron chi connectivity index (χ1n) is 9.32. The lowest BCUT2D eigenvalue weighted by molar-refractivity contribution is 0.0685. The van der Waals surface area contributed by atoms with Gasteiger partial charge in [0.25, 0.3) is 5.91 Å². The van der Waals surface area contributed by atoms with Crippen LogP contribution in [0, 0.1) is 5.82 Å². The van der Waals surface area contributed by atoms with Gasteiger partial charge in [-0.1, -0.05) is 25.1 Å². The van der Waals surface area contributed by atoms with Crippen LogP contribution >= 0.6 is 12.4 Å². The van der Waals surface area contributed by atoms with Gasteiger partial charge in [0, 0.05) is 37.2 Å². The van der Waals surface area contributed by atoms with E-state index in [9.17, 15) is 9.18 Å². The lowest BCUT2D eigenvalue weighted by atomic mass is 9.93. The fraction of sp³-hybridized carbons (Fsp3) is 0.333. The number of aryl methyl sites for hydroxylation is 1. The number of carbonyl (C=O) groups is 1. The molecule has 2 heterocycles. The Hall–Kier alpha value is -2.60. The number of anilines is 1. The molecule has 3 N–H and O–H groups in total. The lowest BCUT2D eigenvalue weighted by Crippen LogP contribution is -2.52. The summed E-state index contributed by atoms with van der Waals surface area (Å²) < 4.78 is 14.0. The Kier molecular flexibility index (Phi) is 5.61. The van der Waals surface area contributed by atoms with Gasteiger partial charge in [0.2, 0.25) is 0 Å². The van der Waals surface area contributed by atoms with Gasteiger partial charge in [0.05, 0.1) is 5.56 Å². The molecule has 0 saturated carbocycles. The van der Waals surface area contributed by atoms with Crippen LogP contribution in [-0.2, 0) is 6.42 Å². The monoisotopic (exact) mass is 402 g/mol. The molecule has 1 saturated heterocycles. The van der Waals surface area contributed by atoms with Gasteiger partial charge in [-0.15, -0.1) is 12.4 Å². The van der Waals surface area contributed by atoms with Gasteiger partial charge in [-0.3, -0.25) is 4.79 Å². The maximum Gasteiger partial charge on any atom is 0.253 e. The number of hydrogen-bond donors (Lipinski definition) is 2. The fourth-order valence-electron chi connectivity index (χ4n) is 3.84. The molecule has 7 heteroatoms. The number of rotatable bonds is 2. The molecule has 0 aliphatic carbocycles. The van der Waals surface area contributed by atoms with Crippen molar-refractivity contribution in [3.05, 3.63) is 65.0 Å². The molecule has 28 heavy (non-hydrogen) atoms. The van der Waals surface area contributed by atoms with Gasteiger partial charge in [-0.2, -0.15) is 0 Å². The minimum Gasteiger partial charge on any atom is -0.383 e. The zero-order valence-corrected chi connectivity index (χ0v) is 16.6. The SMILES string of the molecule is CCc1ccc(C(=O)N2CCC3(CC2)N=C(N)c2c(F)cccc2N3)cc1.Cl. The van der Waals surface area contributed by atoms with E-state index in [1.807, 2.05) is 35.2 Å². The van der Waals surface area contributed by atoms with Crippen LogP contribution in [0.1, 0.15) is 41.3 Å². The Morgan fingerprint density at radius 2 is 1.89 bits per heavy atom. The summed E-state index contributed by atoms with van der Waals surface area (Å²) in [5, 5.41) is 3.35. The standard InChI is InChI=1S/C21H23FN4O.ClH/c1-2-14-6-8-15(9-7-14)20(27)26-12-10-21(11-13-26)24-17-5-3-4-16(22)18(17)19(23)25-21;/h3-9,24H,2,10-13H2,1H3,(H2,23,25);1H. The zero-order chi connectivity index (χ0) is 19.0. The van der Waals surface area contributed by atoms with Crippen LogP contribution in [0.2, 0.25) is 0 Å². The number of fused-ring (bicyclic) bond motifs is 1. The van der Waals surface area contributed by atoms with Crippen molar-refractivity contribution in [1.82, 2.24) is 4.90 Å². The van der Waals surface area contributed by atoms with Crippen LogP contribution in [0.5, 0.6) is 0 Å². The van der Waals surface area contributed by atoms with Crippen molar-refractivity contribution in [2.45, 2.75) is 31.8 Å². The highest BCUT2D eigenvalue weighted by Gasteiger charge is 2.39. The Bertz CT molecular complexity index is 905. The molecule has 0 radical (unpaired) electrons. The third-order valence-corrected chi connectivity index (χ3v) is 5.46. The van der Waals surface area contributed by atoms with Crippen molar-refractivity contribution in [2.75, 3.05) is 18.4 Å². The van der Waals surface area contributed by atoms with E-state index >= 15 is 0 Å². The summed E-state index contributed by atoms with van der Waals surface area (Å²) in [6, 6.07) is 12.6. The number of nitrogens with two attached hydrogens (primary N) is 1. The number of likely N-dealkylation sites (tertiary alicyclic amines) is 1. The van der Waals surface area contributed by atoms with Crippen LogP contribution in [-0.4, -0.2) is 35.4 Å². The number of benzene rings is 2. The van der Waals surface area contributed by atoms with Gasteiger partial charge in [-0.05, 0) is 36.2 Å². The first kappa shape index (κ1) is 20.1. The zero-order valence-electron chi connectivity index (χ0n) is 15.7. The van der Waals surface area contributed by atoms with Crippen LogP contribution in [0.4, 0.5) is 10.1 Å². The number of halogens is 2. The van der Waals surface area contributed by atoms with E-state index in [1.54, 1.807) is 6.07 Å². The molecule has 5 nitrogen and oxygen atoms in total. The van der Waals surface area contributed by atoms with E-state index in [4.69, 9.17) is 5.73 Å². The number of nitrogens with zero attached hydrogens (tertiary/aromatic N) is 2. The molecule has 2 aromatic carbocycles.